The minimum atomic E-state index is -3.31. The molecule has 1 amide bonds. The topological polar surface area (TPSA) is 90.0 Å². The molecule has 0 spiro atoms. The summed E-state index contributed by atoms with van der Waals surface area (Å²) in [5.41, 5.74) is 1.85. The minimum Gasteiger partial charge on any atom is -0.493 e. The van der Waals surface area contributed by atoms with Crippen molar-refractivity contribution in [3.05, 3.63) is 59.3 Å². The van der Waals surface area contributed by atoms with Gasteiger partial charge in [-0.1, -0.05) is 18.2 Å². The third-order valence-corrected chi connectivity index (χ3v) is 4.64. The summed E-state index contributed by atoms with van der Waals surface area (Å²) in [5.74, 6) is -0.419. The number of fused-ring (bicyclic) bond motifs is 1. The van der Waals surface area contributed by atoms with E-state index in [0.717, 1.165) is 6.26 Å². The molecule has 1 heterocycles. The highest BCUT2D eigenvalue weighted by molar-refractivity contribution is 7.90. The number of carbonyl (C=O) groups excluding carboxylic acids is 2. The van der Waals surface area contributed by atoms with E-state index in [-0.39, 0.29) is 23.1 Å². The number of hydrogen-bond acceptors (Lipinski definition) is 6. The van der Waals surface area contributed by atoms with Crippen LogP contribution in [0.25, 0.3) is 6.08 Å². The molecule has 0 saturated carbocycles. The molecule has 0 N–H and O–H groups in total. The van der Waals surface area contributed by atoms with Crippen molar-refractivity contribution in [1.82, 2.24) is 0 Å². The van der Waals surface area contributed by atoms with E-state index in [9.17, 15) is 18.0 Å². The fourth-order valence-corrected chi connectivity index (χ4v) is 3.26. The van der Waals surface area contributed by atoms with Crippen LogP contribution >= 0.6 is 0 Å². The number of sulfone groups is 1. The van der Waals surface area contributed by atoms with E-state index in [1.54, 1.807) is 48.5 Å². The molecular weight excluding hydrogens is 382 g/mol. The average molecular weight is 401 g/mol. The number of carbonyl (C=O) groups is 2. The van der Waals surface area contributed by atoms with Gasteiger partial charge in [0, 0.05) is 18.7 Å². The zero-order chi connectivity index (χ0) is 20.5. The van der Waals surface area contributed by atoms with Crippen molar-refractivity contribution in [3.63, 3.8) is 0 Å². The van der Waals surface area contributed by atoms with Gasteiger partial charge in [0.15, 0.2) is 27.3 Å². The Bertz CT molecular complexity index is 1090. The van der Waals surface area contributed by atoms with Gasteiger partial charge in [-0.25, -0.2) is 8.42 Å². The second-order valence-electron chi connectivity index (χ2n) is 6.33. The fraction of sp³-hybridized carbons (Fsp3) is 0.200. The van der Waals surface area contributed by atoms with Crippen LogP contribution in [0.15, 0.2) is 48.2 Å². The van der Waals surface area contributed by atoms with Gasteiger partial charge in [0.1, 0.15) is 0 Å². The van der Waals surface area contributed by atoms with Gasteiger partial charge in [0.2, 0.25) is 11.7 Å². The van der Waals surface area contributed by atoms with Crippen LogP contribution in [0.5, 0.6) is 11.5 Å². The van der Waals surface area contributed by atoms with Crippen molar-refractivity contribution in [2.45, 2.75) is 6.92 Å². The number of amides is 1. The Labute approximate surface area is 163 Å². The van der Waals surface area contributed by atoms with Gasteiger partial charge in [-0.15, -0.1) is 0 Å². The molecular formula is C20H19NO6S. The minimum absolute atomic E-state index is 0.237. The number of anilines is 1. The smallest absolute Gasteiger partial charge is 0.228 e. The van der Waals surface area contributed by atoms with Crippen LogP contribution in [0, 0.1) is 0 Å². The summed E-state index contributed by atoms with van der Waals surface area (Å²) >= 11 is 0. The van der Waals surface area contributed by atoms with Gasteiger partial charge in [0.25, 0.3) is 0 Å². The standard InChI is InChI=1S/C20H19NO6S/c1-13(22)21-16-7-5-4-6-15(16)20(23)17(21)10-14-8-9-18(19(11-14)26-2)27-12-28(3,24)25/h4-11H,12H2,1-3H3/b17-10-. The lowest BCUT2D eigenvalue weighted by Crippen LogP contribution is -2.25. The molecule has 2 aromatic carbocycles. The molecule has 0 aromatic heterocycles. The van der Waals surface area contributed by atoms with Crippen molar-refractivity contribution in [2.75, 3.05) is 24.2 Å². The van der Waals surface area contributed by atoms with Crippen molar-refractivity contribution < 1.29 is 27.5 Å². The van der Waals surface area contributed by atoms with Gasteiger partial charge in [0.05, 0.1) is 18.5 Å². The van der Waals surface area contributed by atoms with Gasteiger partial charge < -0.3 is 9.47 Å². The van der Waals surface area contributed by atoms with Crippen molar-refractivity contribution in [1.29, 1.82) is 0 Å². The third kappa shape index (κ3) is 3.91. The molecule has 0 bridgehead atoms. The predicted molar refractivity (Wildman–Crippen MR) is 105 cm³/mol. The monoisotopic (exact) mass is 401 g/mol. The molecule has 0 atom stereocenters. The van der Waals surface area contributed by atoms with E-state index in [4.69, 9.17) is 9.47 Å². The van der Waals surface area contributed by atoms with E-state index in [0.29, 0.717) is 22.6 Å². The molecule has 146 valence electrons. The second kappa shape index (κ2) is 7.47. The molecule has 7 nitrogen and oxygen atoms in total. The molecule has 0 radical (unpaired) electrons. The van der Waals surface area contributed by atoms with Gasteiger partial charge in [-0.2, -0.15) is 0 Å². The number of methoxy groups -OCH3 is 1. The first-order valence-electron chi connectivity index (χ1n) is 8.36. The SMILES string of the molecule is COc1cc(/C=C2/C(=O)c3ccccc3N2C(C)=O)ccc1OCS(C)(=O)=O. The molecule has 1 aliphatic rings. The Hall–Kier alpha value is -3.13. The maximum atomic E-state index is 12.8. The number of Topliss-reactive ketones (excluding diaryl/α,β-unsaturated/α-hetero) is 1. The van der Waals surface area contributed by atoms with Crippen molar-refractivity contribution in [2.24, 2.45) is 0 Å². The lowest BCUT2D eigenvalue weighted by Gasteiger charge is -2.16. The van der Waals surface area contributed by atoms with E-state index in [1.807, 2.05) is 0 Å². The first-order valence-corrected chi connectivity index (χ1v) is 10.4. The first kappa shape index (κ1) is 19.6. The molecule has 28 heavy (non-hydrogen) atoms. The third-order valence-electron chi connectivity index (χ3n) is 4.10. The summed E-state index contributed by atoms with van der Waals surface area (Å²) in [5, 5.41) is 0. The Kier molecular flexibility index (Phi) is 5.24. The highest BCUT2D eigenvalue weighted by atomic mass is 32.2. The Morgan fingerprint density at radius 1 is 1.14 bits per heavy atom. The number of para-hydroxylation sites is 1. The zero-order valence-corrected chi connectivity index (χ0v) is 16.4. The average Bonchev–Trinajstić information content (AvgIpc) is 2.92. The Morgan fingerprint density at radius 3 is 2.50 bits per heavy atom. The van der Waals surface area contributed by atoms with Gasteiger partial charge >= 0.3 is 0 Å². The quantitative estimate of drug-likeness (QED) is 0.716. The Balaban J connectivity index is 1.99. The van der Waals surface area contributed by atoms with Crippen LogP contribution in [-0.2, 0) is 14.6 Å². The number of ketones is 1. The predicted octanol–water partition coefficient (Wildman–Crippen LogP) is 2.67. The van der Waals surface area contributed by atoms with Crippen molar-refractivity contribution in [3.8, 4) is 11.5 Å². The number of ether oxygens (including phenoxy) is 2. The summed E-state index contributed by atoms with van der Waals surface area (Å²) in [6.45, 7) is 1.39. The maximum absolute atomic E-state index is 12.8. The largest absolute Gasteiger partial charge is 0.493 e. The number of rotatable bonds is 5. The van der Waals surface area contributed by atoms with E-state index in [1.165, 1.54) is 18.9 Å². The Morgan fingerprint density at radius 2 is 1.86 bits per heavy atom. The number of hydrogen-bond donors (Lipinski definition) is 0. The molecule has 1 aliphatic heterocycles. The summed E-state index contributed by atoms with van der Waals surface area (Å²) in [7, 11) is -1.88. The summed E-state index contributed by atoms with van der Waals surface area (Å²) in [6.07, 6.45) is 2.66. The van der Waals surface area contributed by atoms with Crippen LogP contribution in [0.3, 0.4) is 0 Å². The molecule has 8 heteroatoms. The second-order valence-corrected chi connectivity index (χ2v) is 8.42. The number of allylic oxidation sites excluding steroid dienone is 1. The van der Waals surface area contributed by atoms with Crippen molar-refractivity contribution >= 4 is 33.3 Å². The van der Waals surface area contributed by atoms with E-state index >= 15 is 0 Å². The molecule has 2 aromatic rings. The maximum Gasteiger partial charge on any atom is 0.228 e. The molecule has 0 aliphatic carbocycles. The van der Waals surface area contributed by atoms with Crippen LogP contribution in [-0.4, -0.2) is 39.4 Å². The molecule has 0 saturated heterocycles. The van der Waals surface area contributed by atoms with Crippen LogP contribution in [0.4, 0.5) is 5.69 Å². The number of nitrogens with zero attached hydrogens (tertiary/aromatic N) is 1. The summed E-state index contributed by atoms with van der Waals surface area (Å²) in [6, 6.07) is 11.7. The summed E-state index contributed by atoms with van der Waals surface area (Å²) < 4.78 is 33.1. The highest BCUT2D eigenvalue weighted by Gasteiger charge is 2.34. The fourth-order valence-electron chi connectivity index (χ4n) is 2.92. The van der Waals surface area contributed by atoms with E-state index < -0.39 is 15.8 Å². The van der Waals surface area contributed by atoms with Crippen LogP contribution < -0.4 is 14.4 Å². The van der Waals surface area contributed by atoms with Crippen LogP contribution in [0.2, 0.25) is 0 Å². The normalized spacial score (nSPS) is 14.9. The first-order chi connectivity index (χ1) is 13.2. The van der Waals surface area contributed by atoms with Gasteiger partial charge in [-0.05, 0) is 35.9 Å². The highest BCUT2D eigenvalue weighted by Crippen LogP contribution is 2.36. The summed E-state index contributed by atoms with van der Waals surface area (Å²) in [4.78, 5) is 26.3. The molecule has 3 rings (SSSR count). The van der Waals surface area contributed by atoms with Crippen LogP contribution in [0.1, 0.15) is 22.8 Å². The lowest BCUT2D eigenvalue weighted by molar-refractivity contribution is -0.116. The zero-order valence-electron chi connectivity index (χ0n) is 15.6. The molecule has 0 unspecified atom stereocenters. The lowest BCUT2D eigenvalue weighted by atomic mass is 10.1. The molecule has 0 fully saturated rings. The van der Waals surface area contributed by atoms with E-state index in [2.05, 4.69) is 0 Å². The van der Waals surface area contributed by atoms with Gasteiger partial charge in [-0.3, -0.25) is 14.5 Å². The number of benzene rings is 2.